The molecule has 2 atom stereocenters. The van der Waals surface area contributed by atoms with E-state index in [-0.39, 0.29) is 5.91 Å². The van der Waals surface area contributed by atoms with Crippen molar-refractivity contribution in [3.63, 3.8) is 0 Å². The Bertz CT molecular complexity index is 463. The van der Waals surface area contributed by atoms with Gasteiger partial charge in [0.25, 0.3) is 5.91 Å². The topological polar surface area (TPSA) is 79.7 Å². The van der Waals surface area contributed by atoms with Gasteiger partial charge in [0.05, 0.1) is 12.2 Å². The van der Waals surface area contributed by atoms with Gasteiger partial charge in [-0.2, -0.15) is 0 Å². The number of hydrogen-bond acceptors (Lipinski definition) is 4. The Morgan fingerprint density at radius 2 is 2.16 bits per heavy atom. The number of nitrogens with zero attached hydrogens (tertiary/aromatic N) is 2. The molecule has 1 N–H and O–H groups in total. The van der Waals surface area contributed by atoms with Crippen molar-refractivity contribution in [2.24, 2.45) is 0 Å². The van der Waals surface area contributed by atoms with E-state index in [1.807, 2.05) is 18.2 Å². The maximum absolute atomic E-state index is 12.1. The van der Waals surface area contributed by atoms with Gasteiger partial charge in [-0.3, -0.25) is 9.78 Å². The molecule has 1 aliphatic heterocycles. The lowest BCUT2D eigenvalue weighted by Gasteiger charge is -2.20. The zero-order valence-corrected chi connectivity index (χ0v) is 10.7. The molecule has 6 nitrogen and oxygen atoms in total. The highest BCUT2D eigenvalue weighted by Crippen LogP contribution is 2.21. The predicted octanol–water partition coefficient (Wildman–Crippen LogP) is 0.672. The van der Waals surface area contributed by atoms with E-state index in [4.69, 9.17) is 9.84 Å². The number of likely N-dealkylation sites (N-methyl/N-ethyl adjacent to an activating group) is 1. The number of pyridine rings is 1. The Morgan fingerprint density at radius 1 is 1.42 bits per heavy atom. The molecule has 6 heteroatoms. The maximum atomic E-state index is 12.1. The Morgan fingerprint density at radius 3 is 2.74 bits per heavy atom. The van der Waals surface area contributed by atoms with Crippen LogP contribution in [0.3, 0.4) is 0 Å². The van der Waals surface area contributed by atoms with Crippen LogP contribution in [0.4, 0.5) is 0 Å². The van der Waals surface area contributed by atoms with Crippen molar-refractivity contribution in [2.45, 2.75) is 31.6 Å². The lowest BCUT2D eigenvalue weighted by atomic mass is 10.2. The number of aromatic nitrogens is 1. The Balaban J connectivity index is 1.91. The van der Waals surface area contributed by atoms with Crippen molar-refractivity contribution in [2.75, 3.05) is 7.05 Å². The fourth-order valence-electron chi connectivity index (χ4n) is 2.06. The van der Waals surface area contributed by atoms with Crippen molar-refractivity contribution in [1.82, 2.24) is 9.88 Å². The van der Waals surface area contributed by atoms with Crippen molar-refractivity contribution in [3.05, 3.63) is 30.1 Å². The number of amides is 1. The summed E-state index contributed by atoms with van der Waals surface area (Å²) in [7, 11) is 1.66. The van der Waals surface area contributed by atoms with E-state index in [1.165, 1.54) is 4.90 Å². The third-order valence-corrected chi connectivity index (χ3v) is 3.07. The number of carbonyl (C=O) groups is 2. The molecule has 1 aromatic heterocycles. The van der Waals surface area contributed by atoms with Crippen LogP contribution in [0.25, 0.3) is 0 Å². The molecule has 1 aliphatic rings. The second-order valence-electron chi connectivity index (χ2n) is 4.54. The van der Waals surface area contributed by atoms with Crippen LogP contribution in [0, 0.1) is 0 Å². The number of hydrogen-bond donors (Lipinski definition) is 1. The highest BCUT2D eigenvalue weighted by molar-refractivity contribution is 5.82. The third kappa shape index (κ3) is 3.29. The first-order chi connectivity index (χ1) is 9.08. The molecule has 1 amide bonds. The van der Waals surface area contributed by atoms with Gasteiger partial charge in [-0.1, -0.05) is 6.07 Å². The summed E-state index contributed by atoms with van der Waals surface area (Å²) in [5.74, 6) is -1.21. The number of carboxylic acids is 1. The van der Waals surface area contributed by atoms with Crippen molar-refractivity contribution in [1.29, 1.82) is 0 Å². The first-order valence-electron chi connectivity index (χ1n) is 6.11. The zero-order chi connectivity index (χ0) is 13.8. The number of rotatable bonds is 4. The summed E-state index contributed by atoms with van der Waals surface area (Å²) in [5, 5.41) is 8.83. The minimum atomic E-state index is -1.01. The van der Waals surface area contributed by atoms with Crippen LogP contribution in [0.5, 0.6) is 0 Å². The number of carbonyl (C=O) groups excluding carboxylic acids is 1. The second-order valence-corrected chi connectivity index (χ2v) is 4.54. The summed E-state index contributed by atoms with van der Waals surface area (Å²) >= 11 is 0. The van der Waals surface area contributed by atoms with Crippen LogP contribution < -0.4 is 0 Å². The molecule has 0 saturated carbocycles. The number of carboxylic acid groups (broad SMARTS) is 1. The molecule has 0 spiro atoms. The summed E-state index contributed by atoms with van der Waals surface area (Å²) in [4.78, 5) is 28.5. The Hall–Kier alpha value is -1.95. The molecule has 102 valence electrons. The van der Waals surface area contributed by atoms with Gasteiger partial charge in [-0.25, -0.2) is 4.79 Å². The third-order valence-electron chi connectivity index (χ3n) is 3.07. The monoisotopic (exact) mass is 264 g/mol. The summed E-state index contributed by atoms with van der Waals surface area (Å²) in [6.45, 7) is 0.386. The average Bonchev–Trinajstić information content (AvgIpc) is 2.88. The smallest absolute Gasteiger partial charge is 0.332 e. The molecule has 2 heterocycles. The number of ether oxygens (including phenoxy) is 1. The van der Waals surface area contributed by atoms with Crippen LogP contribution in [-0.2, 0) is 20.9 Å². The molecule has 1 saturated heterocycles. The average molecular weight is 264 g/mol. The van der Waals surface area contributed by atoms with E-state index in [1.54, 1.807) is 13.2 Å². The molecular weight excluding hydrogens is 248 g/mol. The summed E-state index contributed by atoms with van der Waals surface area (Å²) in [6.07, 6.45) is 0.970. The molecule has 0 unspecified atom stereocenters. The zero-order valence-electron chi connectivity index (χ0n) is 10.7. The molecule has 0 bridgehead atoms. The molecule has 0 aromatic carbocycles. The lowest BCUT2D eigenvalue weighted by Crippen LogP contribution is -2.37. The highest BCUT2D eigenvalue weighted by Gasteiger charge is 2.36. The number of aliphatic carboxylic acids is 1. The van der Waals surface area contributed by atoms with Gasteiger partial charge < -0.3 is 14.7 Å². The van der Waals surface area contributed by atoms with E-state index < -0.39 is 18.2 Å². The van der Waals surface area contributed by atoms with E-state index in [2.05, 4.69) is 4.98 Å². The molecule has 0 radical (unpaired) electrons. The van der Waals surface area contributed by atoms with Gasteiger partial charge in [-0.05, 0) is 25.0 Å². The largest absolute Gasteiger partial charge is 0.479 e. The minimum absolute atomic E-state index is 0.200. The van der Waals surface area contributed by atoms with Crippen molar-refractivity contribution < 1.29 is 19.4 Å². The van der Waals surface area contributed by atoms with E-state index in [9.17, 15) is 9.59 Å². The van der Waals surface area contributed by atoms with Crippen LogP contribution in [-0.4, -0.2) is 46.1 Å². The standard InChI is InChI=1S/C13H16N2O4/c1-15(8-9-4-2-3-7-14-9)12(16)10-5-6-11(19-10)13(17)18/h2-4,7,10-11H,5-6,8H2,1H3,(H,17,18)/t10-,11+/m0/s1. The van der Waals surface area contributed by atoms with Gasteiger partial charge in [-0.15, -0.1) is 0 Å². The van der Waals surface area contributed by atoms with Crippen molar-refractivity contribution in [3.8, 4) is 0 Å². The molecule has 2 rings (SSSR count). The summed E-state index contributed by atoms with van der Waals surface area (Å²) in [5.41, 5.74) is 0.783. The van der Waals surface area contributed by atoms with Crippen LogP contribution in [0.15, 0.2) is 24.4 Å². The second kappa shape index (κ2) is 5.79. The van der Waals surface area contributed by atoms with Crippen LogP contribution in [0.2, 0.25) is 0 Å². The predicted molar refractivity (Wildman–Crippen MR) is 66.2 cm³/mol. The quantitative estimate of drug-likeness (QED) is 0.864. The fraction of sp³-hybridized carbons (Fsp3) is 0.462. The normalized spacial score (nSPS) is 22.2. The summed E-state index contributed by atoms with van der Waals surface area (Å²) in [6, 6.07) is 5.50. The van der Waals surface area contributed by atoms with E-state index in [0.717, 1.165) is 5.69 Å². The van der Waals surface area contributed by atoms with Gasteiger partial charge in [0.2, 0.25) is 0 Å². The minimum Gasteiger partial charge on any atom is -0.479 e. The van der Waals surface area contributed by atoms with Gasteiger partial charge >= 0.3 is 5.97 Å². The van der Waals surface area contributed by atoms with Gasteiger partial charge in [0.15, 0.2) is 6.10 Å². The molecule has 19 heavy (non-hydrogen) atoms. The first kappa shape index (κ1) is 13.5. The maximum Gasteiger partial charge on any atom is 0.332 e. The Kier molecular flexibility index (Phi) is 4.11. The first-order valence-corrected chi connectivity index (χ1v) is 6.11. The Labute approximate surface area is 111 Å². The molecule has 0 aliphatic carbocycles. The molecule has 1 aromatic rings. The lowest BCUT2D eigenvalue weighted by molar-refractivity contribution is -0.154. The van der Waals surface area contributed by atoms with Crippen LogP contribution >= 0.6 is 0 Å². The highest BCUT2D eigenvalue weighted by atomic mass is 16.5. The van der Waals surface area contributed by atoms with Gasteiger partial charge in [0, 0.05) is 13.2 Å². The van der Waals surface area contributed by atoms with E-state index >= 15 is 0 Å². The molecular formula is C13H16N2O4. The SMILES string of the molecule is CN(Cc1ccccn1)C(=O)[C@@H]1CC[C@H](C(=O)O)O1. The fourth-order valence-corrected chi connectivity index (χ4v) is 2.06. The van der Waals surface area contributed by atoms with Crippen molar-refractivity contribution >= 4 is 11.9 Å². The molecule has 1 fully saturated rings. The van der Waals surface area contributed by atoms with Gasteiger partial charge in [0.1, 0.15) is 6.10 Å². The summed E-state index contributed by atoms with van der Waals surface area (Å²) < 4.78 is 5.23. The van der Waals surface area contributed by atoms with E-state index in [0.29, 0.717) is 19.4 Å². The van der Waals surface area contributed by atoms with Crippen LogP contribution in [0.1, 0.15) is 18.5 Å².